The number of hydrogen-bond acceptors (Lipinski definition) is 5. The van der Waals surface area contributed by atoms with Crippen LogP contribution in [0, 0.1) is 13.8 Å². The minimum Gasteiger partial charge on any atom is -0.365 e. The number of piperidine rings is 1. The largest absolute Gasteiger partial charge is 0.365 e. The lowest BCUT2D eigenvalue weighted by atomic mass is 10.0. The van der Waals surface area contributed by atoms with E-state index in [1.165, 1.54) is 21.7 Å². The fraction of sp³-hybridized carbons (Fsp3) is 0.280. The summed E-state index contributed by atoms with van der Waals surface area (Å²) in [7, 11) is -3.70. The number of nitrogens with zero attached hydrogens (tertiary/aromatic N) is 1. The molecule has 2 amide bonds. The van der Waals surface area contributed by atoms with Crippen LogP contribution in [0.5, 0.6) is 0 Å². The molecule has 2 aromatic carbocycles. The van der Waals surface area contributed by atoms with E-state index in [0.717, 1.165) is 29.7 Å². The molecule has 1 aromatic heterocycles. The van der Waals surface area contributed by atoms with Gasteiger partial charge in [-0.1, -0.05) is 42.8 Å². The fourth-order valence-electron chi connectivity index (χ4n) is 4.26. The summed E-state index contributed by atoms with van der Waals surface area (Å²) in [5.74, 6) is -1.14. The Labute approximate surface area is 203 Å². The second-order valence-electron chi connectivity index (χ2n) is 8.37. The zero-order valence-electron chi connectivity index (χ0n) is 19.1. The number of nitrogens with one attached hydrogen (secondary N) is 1. The van der Waals surface area contributed by atoms with Crippen LogP contribution in [-0.2, 0) is 10.0 Å². The summed E-state index contributed by atoms with van der Waals surface area (Å²) in [4.78, 5) is 26.5. The molecule has 0 unspecified atom stereocenters. The molecule has 3 aromatic rings. The Morgan fingerprint density at radius 2 is 1.68 bits per heavy atom. The molecule has 2 heterocycles. The van der Waals surface area contributed by atoms with Crippen LogP contribution in [0.1, 0.15) is 50.4 Å². The molecular formula is C25H27N3O4S2. The van der Waals surface area contributed by atoms with E-state index in [4.69, 9.17) is 5.73 Å². The molecule has 1 fully saturated rings. The normalized spacial score (nSPS) is 14.6. The molecule has 0 bridgehead atoms. The lowest BCUT2D eigenvalue weighted by Crippen LogP contribution is -2.36. The lowest BCUT2D eigenvalue weighted by Gasteiger charge is -2.26. The predicted molar refractivity (Wildman–Crippen MR) is 135 cm³/mol. The highest BCUT2D eigenvalue weighted by molar-refractivity contribution is 7.89. The van der Waals surface area contributed by atoms with E-state index < -0.39 is 21.8 Å². The molecule has 0 radical (unpaired) electrons. The Morgan fingerprint density at radius 1 is 1.00 bits per heavy atom. The van der Waals surface area contributed by atoms with Gasteiger partial charge in [0.2, 0.25) is 10.0 Å². The highest BCUT2D eigenvalue weighted by Crippen LogP contribution is 2.40. The monoisotopic (exact) mass is 497 g/mol. The smallest absolute Gasteiger partial charge is 0.256 e. The Bertz CT molecular complexity index is 1340. The second kappa shape index (κ2) is 9.69. The maximum absolute atomic E-state index is 13.2. The number of sulfonamides is 1. The van der Waals surface area contributed by atoms with E-state index >= 15 is 0 Å². The molecule has 1 aliphatic heterocycles. The number of thiophene rings is 1. The van der Waals surface area contributed by atoms with E-state index in [0.29, 0.717) is 29.2 Å². The zero-order valence-corrected chi connectivity index (χ0v) is 20.8. The van der Waals surface area contributed by atoms with Gasteiger partial charge < -0.3 is 11.1 Å². The number of nitrogens with two attached hydrogens (primary N) is 1. The number of carbonyl (C=O) groups excluding carboxylic acids is 2. The quantitative estimate of drug-likeness (QED) is 0.520. The molecular weight excluding hydrogens is 470 g/mol. The van der Waals surface area contributed by atoms with Crippen LogP contribution in [0.25, 0.3) is 11.1 Å². The van der Waals surface area contributed by atoms with E-state index in [9.17, 15) is 18.0 Å². The first-order valence-corrected chi connectivity index (χ1v) is 13.4. The number of primary amides is 1. The van der Waals surface area contributed by atoms with Gasteiger partial charge in [-0.3, -0.25) is 9.59 Å². The van der Waals surface area contributed by atoms with Crippen LogP contribution < -0.4 is 11.1 Å². The van der Waals surface area contributed by atoms with Gasteiger partial charge in [0, 0.05) is 29.1 Å². The number of carbonyl (C=O) groups is 2. The summed E-state index contributed by atoms with van der Waals surface area (Å²) in [5, 5.41) is 3.13. The van der Waals surface area contributed by atoms with Crippen molar-refractivity contribution in [3.05, 3.63) is 70.1 Å². The van der Waals surface area contributed by atoms with Crippen LogP contribution in [0.2, 0.25) is 0 Å². The average Bonchev–Trinajstić information content (AvgIpc) is 3.16. The van der Waals surface area contributed by atoms with Gasteiger partial charge in [0.1, 0.15) is 5.00 Å². The van der Waals surface area contributed by atoms with Crippen LogP contribution >= 0.6 is 11.3 Å². The summed E-state index contributed by atoms with van der Waals surface area (Å²) in [6, 6.07) is 14.0. The first kappa shape index (κ1) is 24.1. The molecule has 1 aliphatic rings. The summed E-state index contributed by atoms with van der Waals surface area (Å²) in [6.07, 6.45) is 2.67. The molecule has 0 atom stereocenters. The standard InChI is InChI=1S/C25H27N3O4S2/c1-16-11-12-19(15-20(16)34(31,32)28-13-7-4-8-14-28)24(30)27-25-22(23(26)29)21(17(2)33-25)18-9-5-3-6-10-18/h3,5-6,9-12,15H,4,7-8,13-14H2,1-2H3,(H2,26,29)(H,27,30). The third-order valence-corrected chi connectivity index (χ3v) is 9.06. The molecule has 9 heteroatoms. The summed E-state index contributed by atoms with van der Waals surface area (Å²) in [6.45, 7) is 4.55. The van der Waals surface area contributed by atoms with Crippen LogP contribution in [0.4, 0.5) is 5.00 Å². The van der Waals surface area contributed by atoms with E-state index in [-0.39, 0.29) is 16.0 Å². The molecule has 0 spiro atoms. The SMILES string of the molecule is Cc1ccc(C(=O)Nc2sc(C)c(-c3ccccc3)c2C(N)=O)cc1S(=O)(=O)N1CCCCC1. The van der Waals surface area contributed by atoms with Crippen molar-refractivity contribution in [3.8, 4) is 11.1 Å². The molecule has 34 heavy (non-hydrogen) atoms. The molecule has 7 nitrogen and oxygen atoms in total. The molecule has 0 saturated carbocycles. The van der Waals surface area contributed by atoms with Crippen molar-refractivity contribution in [2.45, 2.75) is 38.0 Å². The number of hydrogen-bond donors (Lipinski definition) is 2. The maximum Gasteiger partial charge on any atom is 0.256 e. The third-order valence-electron chi connectivity index (χ3n) is 6.00. The topological polar surface area (TPSA) is 110 Å². The van der Waals surface area contributed by atoms with Crippen molar-refractivity contribution in [3.63, 3.8) is 0 Å². The first-order chi connectivity index (χ1) is 16.2. The van der Waals surface area contributed by atoms with Gasteiger partial charge in [0.05, 0.1) is 10.5 Å². The predicted octanol–water partition coefficient (Wildman–Crippen LogP) is 4.56. The van der Waals surface area contributed by atoms with Gasteiger partial charge in [-0.2, -0.15) is 4.31 Å². The van der Waals surface area contributed by atoms with Crippen LogP contribution in [0.3, 0.4) is 0 Å². The highest BCUT2D eigenvalue weighted by Gasteiger charge is 2.29. The number of rotatable bonds is 6. The fourth-order valence-corrected chi connectivity index (χ4v) is 7.10. The van der Waals surface area contributed by atoms with Gasteiger partial charge in [-0.15, -0.1) is 11.3 Å². The zero-order chi connectivity index (χ0) is 24.5. The molecule has 1 saturated heterocycles. The highest BCUT2D eigenvalue weighted by atomic mass is 32.2. The van der Waals surface area contributed by atoms with Crippen molar-refractivity contribution < 1.29 is 18.0 Å². The van der Waals surface area contributed by atoms with Crippen molar-refractivity contribution in [2.75, 3.05) is 18.4 Å². The van der Waals surface area contributed by atoms with Crippen molar-refractivity contribution in [1.82, 2.24) is 4.31 Å². The van der Waals surface area contributed by atoms with E-state index in [2.05, 4.69) is 5.32 Å². The second-order valence-corrected chi connectivity index (χ2v) is 11.5. The van der Waals surface area contributed by atoms with E-state index in [1.54, 1.807) is 19.1 Å². The van der Waals surface area contributed by atoms with Gasteiger partial charge in [0.25, 0.3) is 11.8 Å². The minimum atomic E-state index is -3.70. The molecule has 3 N–H and O–H groups in total. The number of aryl methyl sites for hydroxylation is 2. The van der Waals surface area contributed by atoms with Crippen molar-refractivity contribution >= 4 is 38.2 Å². The number of benzene rings is 2. The minimum absolute atomic E-state index is 0.129. The van der Waals surface area contributed by atoms with E-state index in [1.807, 2.05) is 37.3 Å². The van der Waals surface area contributed by atoms with Gasteiger partial charge in [-0.25, -0.2) is 8.42 Å². The van der Waals surface area contributed by atoms with Crippen LogP contribution in [-0.4, -0.2) is 37.6 Å². The summed E-state index contributed by atoms with van der Waals surface area (Å²) < 4.78 is 27.9. The first-order valence-electron chi connectivity index (χ1n) is 11.1. The lowest BCUT2D eigenvalue weighted by molar-refractivity contribution is 0.100. The Morgan fingerprint density at radius 3 is 2.32 bits per heavy atom. The van der Waals surface area contributed by atoms with Gasteiger partial charge in [-0.05, 0) is 49.9 Å². The molecule has 4 rings (SSSR count). The Kier molecular flexibility index (Phi) is 6.88. The summed E-state index contributed by atoms with van der Waals surface area (Å²) in [5.41, 5.74) is 8.24. The maximum atomic E-state index is 13.2. The average molecular weight is 498 g/mol. The Hall–Kier alpha value is -3.01. The van der Waals surface area contributed by atoms with Crippen molar-refractivity contribution in [1.29, 1.82) is 0 Å². The van der Waals surface area contributed by atoms with Crippen molar-refractivity contribution in [2.24, 2.45) is 5.73 Å². The molecule has 0 aliphatic carbocycles. The van der Waals surface area contributed by atoms with Gasteiger partial charge in [0.15, 0.2) is 0 Å². The number of anilines is 1. The Balaban J connectivity index is 1.68. The third kappa shape index (κ3) is 4.64. The summed E-state index contributed by atoms with van der Waals surface area (Å²) >= 11 is 1.26. The molecule has 178 valence electrons. The van der Waals surface area contributed by atoms with Crippen LogP contribution in [0.15, 0.2) is 53.4 Å². The van der Waals surface area contributed by atoms with Gasteiger partial charge >= 0.3 is 0 Å². The number of amides is 2.